The summed E-state index contributed by atoms with van der Waals surface area (Å²) in [5, 5.41) is 0. The fourth-order valence-corrected chi connectivity index (χ4v) is 0.944. The first kappa shape index (κ1) is 12.3. The highest BCUT2D eigenvalue weighted by molar-refractivity contribution is 5.99. The summed E-state index contributed by atoms with van der Waals surface area (Å²) < 4.78 is 0. The Kier molecular flexibility index (Phi) is 5.21. The SMILES string of the molecule is C=CC(=O)N(CCCC(N)=O)C(C)=O. The largest absolute Gasteiger partial charge is 0.370 e. The van der Waals surface area contributed by atoms with Gasteiger partial charge in [0.25, 0.3) is 5.91 Å². The molecule has 0 fully saturated rings. The van der Waals surface area contributed by atoms with Crippen molar-refractivity contribution in [3.8, 4) is 0 Å². The number of nitrogens with zero attached hydrogens (tertiary/aromatic N) is 1. The molecule has 0 rings (SSSR count). The maximum absolute atomic E-state index is 11.1. The topological polar surface area (TPSA) is 80.5 Å². The molecule has 2 N–H and O–H groups in total. The van der Waals surface area contributed by atoms with Gasteiger partial charge in [-0.2, -0.15) is 0 Å². The highest BCUT2D eigenvalue weighted by Gasteiger charge is 2.14. The molecule has 0 spiro atoms. The van der Waals surface area contributed by atoms with Crippen LogP contribution in [0.5, 0.6) is 0 Å². The van der Waals surface area contributed by atoms with Crippen LogP contribution in [0.25, 0.3) is 0 Å². The maximum Gasteiger partial charge on any atom is 0.252 e. The third kappa shape index (κ3) is 4.39. The molecule has 14 heavy (non-hydrogen) atoms. The number of nitrogens with two attached hydrogens (primary N) is 1. The molecular formula is C9H14N2O3. The molecule has 3 amide bonds. The zero-order chi connectivity index (χ0) is 11.1. The number of carbonyl (C=O) groups is 3. The van der Waals surface area contributed by atoms with E-state index < -0.39 is 11.8 Å². The standard InChI is InChI=1S/C9H14N2O3/c1-3-9(14)11(7(2)12)6-4-5-8(10)13/h3H,1,4-6H2,2H3,(H2,10,13). The number of carbonyl (C=O) groups excluding carboxylic acids is 3. The van der Waals surface area contributed by atoms with Crippen LogP contribution >= 0.6 is 0 Å². The molecule has 0 unspecified atom stereocenters. The van der Waals surface area contributed by atoms with E-state index in [0.29, 0.717) is 6.42 Å². The molecule has 0 atom stereocenters. The van der Waals surface area contributed by atoms with Gasteiger partial charge in [-0.25, -0.2) is 0 Å². The zero-order valence-electron chi connectivity index (χ0n) is 8.16. The van der Waals surface area contributed by atoms with Crippen molar-refractivity contribution < 1.29 is 14.4 Å². The first-order chi connectivity index (χ1) is 6.49. The van der Waals surface area contributed by atoms with Crippen molar-refractivity contribution in [3.05, 3.63) is 12.7 Å². The van der Waals surface area contributed by atoms with Crippen molar-refractivity contribution in [2.24, 2.45) is 5.73 Å². The summed E-state index contributed by atoms with van der Waals surface area (Å²) in [5.41, 5.74) is 4.92. The Morgan fingerprint density at radius 3 is 2.36 bits per heavy atom. The van der Waals surface area contributed by atoms with E-state index in [-0.39, 0.29) is 18.9 Å². The predicted octanol–water partition coefficient (Wildman–Crippen LogP) is -0.187. The quantitative estimate of drug-likeness (QED) is 0.622. The number of hydrogen-bond donors (Lipinski definition) is 1. The molecule has 5 nitrogen and oxygen atoms in total. The molecule has 0 aliphatic heterocycles. The lowest BCUT2D eigenvalue weighted by molar-refractivity contribution is -0.140. The van der Waals surface area contributed by atoms with E-state index in [1.165, 1.54) is 6.92 Å². The molecule has 0 saturated heterocycles. The van der Waals surface area contributed by atoms with Crippen molar-refractivity contribution in [2.45, 2.75) is 19.8 Å². The van der Waals surface area contributed by atoms with Crippen LogP contribution in [0.2, 0.25) is 0 Å². The first-order valence-electron chi connectivity index (χ1n) is 4.21. The summed E-state index contributed by atoms with van der Waals surface area (Å²) in [6, 6.07) is 0. The van der Waals surface area contributed by atoms with Gasteiger partial charge in [-0.3, -0.25) is 19.3 Å². The first-order valence-corrected chi connectivity index (χ1v) is 4.21. The minimum atomic E-state index is -0.457. The maximum atomic E-state index is 11.1. The minimum absolute atomic E-state index is 0.161. The Morgan fingerprint density at radius 1 is 1.43 bits per heavy atom. The highest BCUT2D eigenvalue weighted by atomic mass is 16.2. The monoisotopic (exact) mass is 198 g/mol. The Balaban J connectivity index is 4.11. The second-order valence-electron chi connectivity index (χ2n) is 2.78. The normalized spacial score (nSPS) is 9.21. The van der Waals surface area contributed by atoms with Crippen molar-refractivity contribution >= 4 is 17.7 Å². The van der Waals surface area contributed by atoms with Crippen LogP contribution in [0.15, 0.2) is 12.7 Å². The Hall–Kier alpha value is -1.65. The van der Waals surface area contributed by atoms with Crippen LogP contribution in [0, 0.1) is 0 Å². The number of amides is 3. The molecule has 5 heteroatoms. The van der Waals surface area contributed by atoms with Crippen LogP contribution < -0.4 is 5.73 Å². The molecule has 0 aliphatic carbocycles. The van der Waals surface area contributed by atoms with Gasteiger partial charge in [0.05, 0.1) is 0 Å². The lowest BCUT2D eigenvalue weighted by atomic mass is 10.2. The summed E-state index contributed by atoms with van der Waals surface area (Å²) in [7, 11) is 0. The van der Waals surface area contributed by atoms with Gasteiger partial charge in [-0.1, -0.05) is 6.58 Å². The smallest absolute Gasteiger partial charge is 0.252 e. The summed E-state index contributed by atoms with van der Waals surface area (Å²) in [4.78, 5) is 33.5. The van der Waals surface area contributed by atoms with Gasteiger partial charge in [-0.15, -0.1) is 0 Å². The molecule has 0 radical (unpaired) electrons. The van der Waals surface area contributed by atoms with Gasteiger partial charge in [0, 0.05) is 19.9 Å². The summed E-state index contributed by atoms with van der Waals surface area (Å²) >= 11 is 0. The van der Waals surface area contributed by atoms with Crippen LogP contribution in [0.1, 0.15) is 19.8 Å². The third-order valence-electron chi connectivity index (χ3n) is 1.63. The average Bonchev–Trinajstić information content (AvgIpc) is 2.10. The van der Waals surface area contributed by atoms with Gasteiger partial charge in [-0.05, 0) is 12.5 Å². The Morgan fingerprint density at radius 2 is 2.00 bits per heavy atom. The fourth-order valence-electron chi connectivity index (χ4n) is 0.944. The molecule has 0 bridgehead atoms. The van der Waals surface area contributed by atoms with Crippen LogP contribution in [-0.4, -0.2) is 29.2 Å². The van der Waals surface area contributed by atoms with Crippen LogP contribution in [0.3, 0.4) is 0 Å². The van der Waals surface area contributed by atoms with E-state index in [1.807, 2.05) is 0 Å². The summed E-state index contributed by atoms with van der Waals surface area (Å²) in [6.07, 6.45) is 1.61. The van der Waals surface area contributed by atoms with E-state index >= 15 is 0 Å². The van der Waals surface area contributed by atoms with Crippen molar-refractivity contribution in [1.29, 1.82) is 0 Å². The third-order valence-corrected chi connectivity index (χ3v) is 1.63. The van der Waals surface area contributed by atoms with Gasteiger partial charge >= 0.3 is 0 Å². The highest BCUT2D eigenvalue weighted by Crippen LogP contribution is 1.97. The number of hydrogen-bond acceptors (Lipinski definition) is 3. The molecule has 0 aromatic rings. The van der Waals surface area contributed by atoms with E-state index in [0.717, 1.165) is 11.0 Å². The predicted molar refractivity (Wildman–Crippen MR) is 51.0 cm³/mol. The number of primary amides is 1. The molecule has 0 aromatic carbocycles. The van der Waals surface area contributed by atoms with Gasteiger partial charge < -0.3 is 5.73 Å². The lowest BCUT2D eigenvalue weighted by Gasteiger charge is -2.16. The number of rotatable bonds is 5. The average molecular weight is 198 g/mol. The molecular weight excluding hydrogens is 184 g/mol. The van der Waals surface area contributed by atoms with E-state index in [4.69, 9.17) is 5.73 Å². The second-order valence-corrected chi connectivity index (χ2v) is 2.78. The summed E-state index contributed by atoms with van der Waals surface area (Å²) in [6.45, 7) is 4.75. The van der Waals surface area contributed by atoms with Crippen molar-refractivity contribution in [1.82, 2.24) is 4.90 Å². The van der Waals surface area contributed by atoms with Gasteiger partial charge in [0.2, 0.25) is 11.8 Å². The van der Waals surface area contributed by atoms with Gasteiger partial charge in [0.15, 0.2) is 0 Å². The molecule has 0 heterocycles. The molecule has 0 saturated carbocycles. The number of imide groups is 1. The van der Waals surface area contributed by atoms with E-state index in [1.54, 1.807) is 0 Å². The summed E-state index contributed by atoms with van der Waals surface area (Å²) in [5.74, 6) is -1.26. The van der Waals surface area contributed by atoms with E-state index in [9.17, 15) is 14.4 Å². The van der Waals surface area contributed by atoms with Crippen molar-refractivity contribution in [3.63, 3.8) is 0 Å². The fraction of sp³-hybridized carbons (Fsp3) is 0.444. The molecule has 78 valence electrons. The van der Waals surface area contributed by atoms with Crippen LogP contribution in [-0.2, 0) is 14.4 Å². The Labute approximate surface area is 82.6 Å². The molecule has 0 aliphatic rings. The second kappa shape index (κ2) is 5.90. The lowest BCUT2D eigenvalue weighted by Crippen LogP contribution is -2.35. The molecule has 0 aromatic heterocycles. The van der Waals surface area contributed by atoms with Gasteiger partial charge in [0.1, 0.15) is 0 Å². The zero-order valence-corrected chi connectivity index (χ0v) is 8.16. The minimum Gasteiger partial charge on any atom is -0.370 e. The van der Waals surface area contributed by atoms with E-state index in [2.05, 4.69) is 6.58 Å². The van der Waals surface area contributed by atoms with Crippen LogP contribution in [0.4, 0.5) is 0 Å². The van der Waals surface area contributed by atoms with Crippen molar-refractivity contribution in [2.75, 3.05) is 6.54 Å². The Bertz CT molecular complexity index is 261.